The Labute approximate surface area is 254 Å². The molecule has 0 N–H and O–H groups in total. The van der Waals surface area contributed by atoms with Crippen LogP contribution in [0.2, 0.25) is 0 Å². The minimum atomic E-state index is 0.738. The Hall–Kier alpha value is -5.38. The third-order valence-electron chi connectivity index (χ3n) is 7.93. The first-order chi connectivity index (χ1) is 21.3. The molecule has 0 aliphatic carbocycles. The molecular formula is C40H26N2S. The maximum absolute atomic E-state index is 5.28. The highest BCUT2D eigenvalue weighted by molar-refractivity contribution is 7.25. The van der Waals surface area contributed by atoms with E-state index in [1.807, 2.05) is 6.07 Å². The number of aromatic nitrogens is 2. The van der Waals surface area contributed by atoms with Gasteiger partial charge >= 0.3 is 0 Å². The van der Waals surface area contributed by atoms with E-state index < -0.39 is 0 Å². The van der Waals surface area contributed by atoms with E-state index in [9.17, 15) is 0 Å². The van der Waals surface area contributed by atoms with E-state index in [2.05, 4.69) is 152 Å². The second-order valence-electron chi connectivity index (χ2n) is 10.6. The van der Waals surface area contributed by atoms with Crippen molar-refractivity contribution in [1.29, 1.82) is 0 Å². The van der Waals surface area contributed by atoms with Crippen LogP contribution in [0, 0.1) is 0 Å². The zero-order valence-corrected chi connectivity index (χ0v) is 24.1. The summed E-state index contributed by atoms with van der Waals surface area (Å²) >= 11 is 1.73. The van der Waals surface area contributed by atoms with Gasteiger partial charge in [0.25, 0.3) is 0 Å². The molecule has 0 aliphatic heterocycles. The Morgan fingerprint density at radius 3 is 1.56 bits per heavy atom. The lowest BCUT2D eigenvalue weighted by atomic mass is 9.98. The zero-order chi connectivity index (χ0) is 28.6. The summed E-state index contributed by atoms with van der Waals surface area (Å²) in [6, 6.07) is 55.6. The smallest absolute Gasteiger partial charge is 0.161 e. The number of hydrogen-bond acceptors (Lipinski definition) is 3. The quantitative estimate of drug-likeness (QED) is 0.207. The van der Waals surface area contributed by atoms with Gasteiger partial charge in [0.15, 0.2) is 5.82 Å². The van der Waals surface area contributed by atoms with E-state index in [0.29, 0.717) is 0 Å². The van der Waals surface area contributed by atoms with Crippen LogP contribution in [0.25, 0.3) is 76.3 Å². The van der Waals surface area contributed by atoms with Crippen molar-refractivity contribution in [3.8, 4) is 56.0 Å². The monoisotopic (exact) mass is 566 g/mol. The minimum absolute atomic E-state index is 0.738. The molecular weight excluding hydrogens is 541 g/mol. The number of nitrogens with zero attached hydrogens (tertiary/aromatic N) is 2. The predicted octanol–water partition coefficient (Wildman–Crippen LogP) is 11.2. The van der Waals surface area contributed by atoms with Gasteiger partial charge in [-0.2, -0.15) is 0 Å². The number of benzene rings is 6. The molecule has 0 saturated carbocycles. The van der Waals surface area contributed by atoms with Gasteiger partial charge < -0.3 is 0 Å². The van der Waals surface area contributed by atoms with Crippen molar-refractivity contribution in [3.63, 3.8) is 0 Å². The molecule has 6 aromatic carbocycles. The number of hydrogen-bond donors (Lipinski definition) is 0. The van der Waals surface area contributed by atoms with Crippen LogP contribution in [0.15, 0.2) is 158 Å². The highest BCUT2D eigenvalue weighted by Crippen LogP contribution is 2.40. The Morgan fingerprint density at radius 1 is 0.372 bits per heavy atom. The Morgan fingerprint density at radius 2 is 0.860 bits per heavy atom. The van der Waals surface area contributed by atoms with Crippen molar-refractivity contribution < 1.29 is 0 Å². The van der Waals surface area contributed by atoms with Gasteiger partial charge in [0.2, 0.25) is 0 Å². The van der Waals surface area contributed by atoms with Gasteiger partial charge in [0.1, 0.15) is 4.83 Å². The number of fused-ring (bicyclic) bond motifs is 3. The average molecular weight is 567 g/mol. The predicted molar refractivity (Wildman–Crippen MR) is 182 cm³/mol. The molecule has 0 bridgehead atoms. The van der Waals surface area contributed by atoms with E-state index in [-0.39, 0.29) is 0 Å². The van der Waals surface area contributed by atoms with Gasteiger partial charge in [-0.05, 0) is 51.6 Å². The van der Waals surface area contributed by atoms with Gasteiger partial charge in [-0.15, -0.1) is 11.3 Å². The lowest BCUT2D eigenvalue weighted by Gasteiger charge is -2.11. The van der Waals surface area contributed by atoms with Gasteiger partial charge in [0, 0.05) is 26.6 Å². The Bertz CT molecular complexity index is 2220. The van der Waals surface area contributed by atoms with Crippen LogP contribution in [0.5, 0.6) is 0 Å². The molecule has 0 spiro atoms. The third-order valence-corrected chi connectivity index (χ3v) is 8.99. The van der Waals surface area contributed by atoms with E-state index in [1.54, 1.807) is 11.3 Å². The van der Waals surface area contributed by atoms with Gasteiger partial charge in [-0.3, -0.25) is 0 Å². The number of rotatable bonds is 5. The first-order valence-corrected chi connectivity index (χ1v) is 15.2. The fourth-order valence-corrected chi connectivity index (χ4v) is 6.84. The Balaban J connectivity index is 1.26. The first kappa shape index (κ1) is 25.3. The van der Waals surface area contributed by atoms with Crippen LogP contribution in [0.4, 0.5) is 0 Å². The van der Waals surface area contributed by atoms with Crippen LogP contribution < -0.4 is 0 Å². The molecule has 2 heterocycles. The van der Waals surface area contributed by atoms with Crippen molar-refractivity contribution >= 4 is 31.6 Å². The second-order valence-corrected chi connectivity index (χ2v) is 11.7. The van der Waals surface area contributed by atoms with Crippen LogP contribution in [0.3, 0.4) is 0 Å². The fourth-order valence-electron chi connectivity index (χ4n) is 5.76. The summed E-state index contributed by atoms with van der Waals surface area (Å²) in [6.07, 6.45) is 0. The highest BCUT2D eigenvalue weighted by atomic mass is 32.1. The van der Waals surface area contributed by atoms with E-state index in [0.717, 1.165) is 38.4 Å². The number of thiophene rings is 1. The van der Waals surface area contributed by atoms with E-state index in [4.69, 9.17) is 9.97 Å². The SMILES string of the molecule is c1ccc(-c2ccc(-c3cccc(-c4nc(-c5cccc(-c6ccccc6)c5)c5c(n4)sc4ccccc45)c3)cc2)cc1. The fraction of sp³-hybridized carbons (Fsp3) is 0. The lowest BCUT2D eigenvalue weighted by molar-refractivity contribution is 1.24. The molecule has 0 unspecified atom stereocenters. The summed E-state index contributed by atoms with van der Waals surface area (Å²) in [5.74, 6) is 0.738. The summed E-state index contributed by atoms with van der Waals surface area (Å²) in [5, 5.41) is 2.31. The third kappa shape index (κ3) is 4.80. The van der Waals surface area contributed by atoms with Gasteiger partial charge in [0.05, 0.1) is 5.69 Å². The second kappa shape index (κ2) is 10.8. The largest absolute Gasteiger partial charge is 0.227 e. The molecule has 8 aromatic rings. The van der Waals surface area contributed by atoms with Crippen molar-refractivity contribution in [2.75, 3.05) is 0 Å². The van der Waals surface area contributed by atoms with E-state index in [1.165, 1.54) is 37.9 Å². The summed E-state index contributed by atoms with van der Waals surface area (Å²) < 4.78 is 1.22. The van der Waals surface area contributed by atoms with Crippen LogP contribution >= 0.6 is 11.3 Å². The van der Waals surface area contributed by atoms with Crippen molar-refractivity contribution in [3.05, 3.63) is 158 Å². The average Bonchev–Trinajstić information content (AvgIpc) is 3.47. The zero-order valence-electron chi connectivity index (χ0n) is 23.3. The summed E-state index contributed by atoms with van der Waals surface area (Å²) in [7, 11) is 0. The standard InChI is InChI=1S/C40H26N2S/c1-3-11-27(12-4-1)29-21-23-30(24-22-29)32-16-10-18-34(26-32)39-41-38(37-35-19-7-8-20-36(35)43-40(37)42-39)33-17-9-15-31(25-33)28-13-5-2-6-14-28/h1-26H. The molecule has 0 saturated heterocycles. The summed E-state index contributed by atoms with van der Waals surface area (Å²) in [5.41, 5.74) is 10.2. The van der Waals surface area contributed by atoms with Crippen molar-refractivity contribution in [2.45, 2.75) is 0 Å². The molecule has 202 valence electrons. The molecule has 2 aromatic heterocycles. The lowest BCUT2D eigenvalue weighted by Crippen LogP contribution is -1.94. The minimum Gasteiger partial charge on any atom is -0.227 e. The van der Waals surface area contributed by atoms with E-state index >= 15 is 0 Å². The molecule has 0 fully saturated rings. The molecule has 3 heteroatoms. The molecule has 43 heavy (non-hydrogen) atoms. The van der Waals surface area contributed by atoms with Crippen molar-refractivity contribution in [1.82, 2.24) is 9.97 Å². The van der Waals surface area contributed by atoms with Crippen LogP contribution in [0.1, 0.15) is 0 Å². The summed E-state index contributed by atoms with van der Waals surface area (Å²) in [6.45, 7) is 0. The summed E-state index contributed by atoms with van der Waals surface area (Å²) in [4.78, 5) is 11.4. The van der Waals surface area contributed by atoms with Gasteiger partial charge in [-0.1, -0.05) is 140 Å². The maximum Gasteiger partial charge on any atom is 0.161 e. The topological polar surface area (TPSA) is 25.8 Å². The van der Waals surface area contributed by atoms with Crippen LogP contribution in [-0.4, -0.2) is 9.97 Å². The Kier molecular flexibility index (Phi) is 6.36. The highest BCUT2D eigenvalue weighted by Gasteiger charge is 2.17. The molecule has 0 amide bonds. The van der Waals surface area contributed by atoms with Gasteiger partial charge in [-0.25, -0.2) is 9.97 Å². The van der Waals surface area contributed by atoms with Crippen LogP contribution in [-0.2, 0) is 0 Å². The molecule has 0 aliphatic rings. The van der Waals surface area contributed by atoms with Crippen molar-refractivity contribution in [2.24, 2.45) is 0 Å². The molecule has 2 nitrogen and oxygen atoms in total. The molecule has 0 radical (unpaired) electrons. The molecule has 0 atom stereocenters. The molecule has 8 rings (SSSR count). The maximum atomic E-state index is 5.28. The normalized spacial score (nSPS) is 11.3. The first-order valence-electron chi connectivity index (χ1n) is 14.4.